The van der Waals surface area contributed by atoms with E-state index in [9.17, 15) is 13.6 Å². The Balaban J connectivity index is 1.59. The molecule has 0 saturated carbocycles. The van der Waals surface area contributed by atoms with Gasteiger partial charge in [0.25, 0.3) is 5.91 Å². The molecule has 0 aliphatic carbocycles. The van der Waals surface area contributed by atoms with Gasteiger partial charge in [-0.05, 0) is 55.0 Å². The molecule has 30 heavy (non-hydrogen) atoms. The molecule has 0 atom stereocenters. The minimum absolute atomic E-state index is 0.338. The van der Waals surface area contributed by atoms with Crippen LogP contribution in [-0.4, -0.2) is 15.9 Å². The van der Waals surface area contributed by atoms with Gasteiger partial charge in [-0.15, -0.1) is 0 Å². The molecule has 0 radical (unpaired) electrons. The van der Waals surface area contributed by atoms with Crippen molar-refractivity contribution < 1.29 is 13.6 Å². The summed E-state index contributed by atoms with van der Waals surface area (Å²) in [4.78, 5) is 21.0. The molecular weight excluding hydrogens is 384 g/mol. The number of carbonyl (C=O) groups is 1. The Morgan fingerprint density at radius 1 is 0.867 bits per heavy atom. The topological polar surface area (TPSA) is 54.9 Å². The van der Waals surface area contributed by atoms with E-state index in [1.165, 1.54) is 12.3 Å². The first-order valence-corrected chi connectivity index (χ1v) is 9.27. The molecule has 4 nitrogen and oxygen atoms in total. The number of pyridine rings is 2. The highest BCUT2D eigenvalue weighted by atomic mass is 19.1. The van der Waals surface area contributed by atoms with Gasteiger partial charge in [0, 0.05) is 17.3 Å². The third-order valence-corrected chi connectivity index (χ3v) is 4.69. The average molecular weight is 401 g/mol. The van der Waals surface area contributed by atoms with Gasteiger partial charge in [-0.25, -0.2) is 8.78 Å². The van der Waals surface area contributed by atoms with Gasteiger partial charge >= 0.3 is 0 Å². The van der Waals surface area contributed by atoms with Gasteiger partial charge in [0.2, 0.25) is 0 Å². The maximum absolute atomic E-state index is 13.8. The summed E-state index contributed by atoms with van der Waals surface area (Å²) in [6.45, 7) is 1.98. The summed E-state index contributed by atoms with van der Waals surface area (Å²) in [5.74, 6) is -2.70. The summed E-state index contributed by atoms with van der Waals surface area (Å²) in [6, 6.07) is 18.4. The molecule has 0 unspecified atom stereocenters. The Kier molecular flexibility index (Phi) is 5.30. The summed E-state index contributed by atoms with van der Waals surface area (Å²) in [5.41, 5.74) is 4.20. The van der Waals surface area contributed by atoms with Gasteiger partial charge in [0.1, 0.15) is 17.2 Å². The minimum Gasteiger partial charge on any atom is -0.320 e. The molecule has 0 spiro atoms. The largest absolute Gasteiger partial charge is 0.320 e. The summed E-state index contributed by atoms with van der Waals surface area (Å²) < 4.78 is 27.6. The molecule has 2 heterocycles. The number of rotatable bonds is 4. The molecule has 6 heteroatoms. The predicted octanol–water partition coefficient (Wildman–Crippen LogP) is 5.65. The van der Waals surface area contributed by atoms with Crippen molar-refractivity contribution in [1.82, 2.24) is 9.97 Å². The molecule has 4 aromatic rings. The minimum atomic E-state index is -0.918. The van der Waals surface area contributed by atoms with E-state index >= 15 is 0 Å². The van der Waals surface area contributed by atoms with E-state index in [2.05, 4.69) is 15.3 Å². The number of nitrogens with zero attached hydrogens (tertiary/aromatic N) is 2. The predicted molar refractivity (Wildman–Crippen MR) is 112 cm³/mol. The summed E-state index contributed by atoms with van der Waals surface area (Å²) >= 11 is 0. The molecule has 0 saturated heterocycles. The number of hydrogen-bond acceptors (Lipinski definition) is 3. The fraction of sp³-hybridized carbons (Fsp3) is 0.0417. The quantitative estimate of drug-likeness (QED) is 0.481. The number of aromatic nitrogens is 2. The number of nitrogens with one attached hydrogen (secondary N) is 1. The number of benzene rings is 2. The second-order valence-electron chi connectivity index (χ2n) is 6.73. The molecule has 1 N–H and O–H groups in total. The first-order chi connectivity index (χ1) is 14.5. The fourth-order valence-corrected chi connectivity index (χ4v) is 3.13. The maximum Gasteiger partial charge on any atom is 0.261 e. The van der Waals surface area contributed by atoms with E-state index in [4.69, 9.17) is 0 Å². The Bertz CT molecular complexity index is 1190. The van der Waals surface area contributed by atoms with Crippen LogP contribution in [0.4, 0.5) is 14.5 Å². The van der Waals surface area contributed by atoms with E-state index in [0.717, 1.165) is 34.5 Å². The summed E-state index contributed by atoms with van der Waals surface area (Å²) in [6.07, 6.45) is 3.20. The molecular formula is C24H17F2N3O. The van der Waals surface area contributed by atoms with Crippen molar-refractivity contribution in [2.45, 2.75) is 6.92 Å². The van der Waals surface area contributed by atoms with E-state index in [1.807, 2.05) is 43.3 Å². The number of anilines is 1. The molecule has 148 valence electrons. The zero-order chi connectivity index (χ0) is 21.1. The smallest absolute Gasteiger partial charge is 0.261 e. The Morgan fingerprint density at radius 3 is 2.33 bits per heavy atom. The van der Waals surface area contributed by atoms with Crippen molar-refractivity contribution in [2.75, 3.05) is 5.32 Å². The lowest BCUT2D eigenvalue weighted by Gasteiger charge is -2.10. The second-order valence-corrected chi connectivity index (χ2v) is 6.73. The van der Waals surface area contributed by atoms with Crippen molar-refractivity contribution in [2.24, 2.45) is 0 Å². The zero-order valence-corrected chi connectivity index (χ0v) is 16.1. The first kappa shape index (κ1) is 19.4. The van der Waals surface area contributed by atoms with Crippen molar-refractivity contribution in [3.8, 4) is 22.5 Å². The number of aryl methyl sites for hydroxylation is 1. The van der Waals surface area contributed by atoms with Crippen molar-refractivity contribution in [3.05, 3.63) is 102 Å². The van der Waals surface area contributed by atoms with Crippen molar-refractivity contribution >= 4 is 11.6 Å². The average Bonchev–Trinajstić information content (AvgIpc) is 2.75. The van der Waals surface area contributed by atoms with Gasteiger partial charge in [0.15, 0.2) is 0 Å². The SMILES string of the molecule is Cc1ccc(-c2ccccn2)cc1-c1ccc(NC(=O)c2c(F)cccc2F)cn1. The number of hydrogen-bond donors (Lipinski definition) is 1. The van der Waals surface area contributed by atoms with Crippen LogP contribution >= 0.6 is 0 Å². The van der Waals surface area contributed by atoms with Crippen LogP contribution in [0.25, 0.3) is 22.5 Å². The van der Waals surface area contributed by atoms with Crippen LogP contribution in [0, 0.1) is 18.6 Å². The van der Waals surface area contributed by atoms with Crippen LogP contribution in [0.1, 0.15) is 15.9 Å². The Morgan fingerprint density at radius 2 is 1.67 bits per heavy atom. The summed E-state index contributed by atoms with van der Waals surface area (Å²) in [5, 5.41) is 2.48. The molecule has 0 fully saturated rings. The fourth-order valence-electron chi connectivity index (χ4n) is 3.13. The zero-order valence-electron chi connectivity index (χ0n) is 16.1. The molecule has 4 rings (SSSR count). The lowest BCUT2D eigenvalue weighted by atomic mass is 10.00. The van der Waals surface area contributed by atoms with Crippen LogP contribution in [0.3, 0.4) is 0 Å². The van der Waals surface area contributed by atoms with Gasteiger partial charge in [-0.1, -0.05) is 24.3 Å². The van der Waals surface area contributed by atoms with Gasteiger partial charge in [-0.2, -0.15) is 0 Å². The molecule has 1 amide bonds. The second kappa shape index (κ2) is 8.21. The van der Waals surface area contributed by atoms with Crippen LogP contribution in [-0.2, 0) is 0 Å². The maximum atomic E-state index is 13.8. The van der Waals surface area contributed by atoms with Crippen LogP contribution in [0.2, 0.25) is 0 Å². The lowest BCUT2D eigenvalue weighted by Crippen LogP contribution is -2.15. The first-order valence-electron chi connectivity index (χ1n) is 9.27. The Hall–Kier alpha value is -3.93. The van der Waals surface area contributed by atoms with Crippen LogP contribution in [0.5, 0.6) is 0 Å². The van der Waals surface area contributed by atoms with E-state index < -0.39 is 23.1 Å². The third kappa shape index (κ3) is 3.93. The molecule has 0 bridgehead atoms. The van der Waals surface area contributed by atoms with E-state index in [-0.39, 0.29) is 0 Å². The molecule has 0 aliphatic heterocycles. The molecule has 2 aromatic heterocycles. The normalized spacial score (nSPS) is 10.6. The number of amides is 1. The molecule has 0 aliphatic rings. The highest BCUT2D eigenvalue weighted by Crippen LogP contribution is 2.28. The summed E-state index contributed by atoms with van der Waals surface area (Å²) in [7, 11) is 0. The van der Waals surface area contributed by atoms with Crippen molar-refractivity contribution in [3.63, 3.8) is 0 Å². The number of halogens is 2. The van der Waals surface area contributed by atoms with Gasteiger partial charge < -0.3 is 5.32 Å². The van der Waals surface area contributed by atoms with Gasteiger partial charge in [0.05, 0.1) is 23.3 Å². The Labute approximate surface area is 172 Å². The van der Waals surface area contributed by atoms with Crippen LogP contribution in [0.15, 0.2) is 79.1 Å². The van der Waals surface area contributed by atoms with Gasteiger partial charge in [-0.3, -0.25) is 14.8 Å². The monoisotopic (exact) mass is 401 g/mol. The number of carbonyl (C=O) groups excluding carboxylic acids is 1. The highest BCUT2D eigenvalue weighted by Gasteiger charge is 2.17. The van der Waals surface area contributed by atoms with E-state index in [0.29, 0.717) is 11.4 Å². The highest BCUT2D eigenvalue weighted by molar-refractivity contribution is 6.04. The van der Waals surface area contributed by atoms with E-state index in [1.54, 1.807) is 18.3 Å². The lowest BCUT2D eigenvalue weighted by molar-refractivity contribution is 0.101. The standard InChI is InChI=1S/C24H17F2N3O/c1-15-8-9-16(21-7-2-3-12-27-21)13-18(15)22-11-10-17(14-28-22)29-24(30)23-19(25)5-4-6-20(23)26/h2-14H,1H3,(H,29,30). The van der Waals surface area contributed by atoms with Crippen LogP contribution < -0.4 is 5.32 Å². The molecule has 2 aromatic carbocycles. The third-order valence-electron chi connectivity index (χ3n) is 4.69. The van der Waals surface area contributed by atoms with Crippen molar-refractivity contribution in [1.29, 1.82) is 0 Å².